The third-order valence-corrected chi connectivity index (χ3v) is 3.57. The van der Waals surface area contributed by atoms with E-state index in [1.54, 1.807) is 0 Å². The van der Waals surface area contributed by atoms with Crippen molar-refractivity contribution in [1.82, 2.24) is 0 Å². The molecule has 0 aliphatic carbocycles. The number of ether oxygens (including phenoxy) is 2. The van der Waals surface area contributed by atoms with Gasteiger partial charge in [-0.2, -0.15) is 0 Å². The van der Waals surface area contributed by atoms with Gasteiger partial charge >= 0.3 is 0 Å². The molecule has 1 aromatic rings. The summed E-state index contributed by atoms with van der Waals surface area (Å²) in [4.78, 5) is 0. The molecule has 0 aromatic heterocycles. The van der Waals surface area contributed by atoms with Crippen molar-refractivity contribution in [2.45, 2.75) is 64.8 Å². The van der Waals surface area contributed by atoms with Crippen molar-refractivity contribution < 1.29 is 9.47 Å². The molecule has 1 aromatic carbocycles. The fourth-order valence-electron chi connectivity index (χ4n) is 2.39. The Balaban J connectivity index is 1.97. The van der Waals surface area contributed by atoms with E-state index in [-0.39, 0.29) is 6.10 Å². The van der Waals surface area contributed by atoms with Crippen LogP contribution in [0.15, 0.2) is 24.3 Å². The van der Waals surface area contributed by atoms with Crippen molar-refractivity contribution in [1.29, 1.82) is 0 Å². The fraction of sp³-hybridized carbons (Fsp3) is 0.625. The van der Waals surface area contributed by atoms with Crippen molar-refractivity contribution in [2.24, 2.45) is 0 Å². The Morgan fingerprint density at radius 1 is 1.22 bits per heavy atom. The van der Waals surface area contributed by atoms with Gasteiger partial charge in [0, 0.05) is 0 Å². The van der Waals surface area contributed by atoms with E-state index in [4.69, 9.17) is 9.47 Å². The van der Waals surface area contributed by atoms with E-state index in [9.17, 15) is 0 Å². The molecule has 0 bridgehead atoms. The van der Waals surface area contributed by atoms with E-state index in [0.29, 0.717) is 18.1 Å². The van der Waals surface area contributed by atoms with Crippen LogP contribution < -0.4 is 4.74 Å². The summed E-state index contributed by atoms with van der Waals surface area (Å²) < 4.78 is 11.2. The first-order valence-corrected chi connectivity index (χ1v) is 7.02. The van der Waals surface area contributed by atoms with Gasteiger partial charge < -0.3 is 9.47 Å². The summed E-state index contributed by atoms with van der Waals surface area (Å²) in [5.41, 5.74) is 1.40. The molecule has 18 heavy (non-hydrogen) atoms. The molecule has 0 spiro atoms. The molecule has 1 fully saturated rings. The maximum absolute atomic E-state index is 5.67. The maximum atomic E-state index is 5.67. The highest BCUT2D eigenvalue weighted by Crippen LogP contribution is 2.34. The van der Waals surface area contributed by atoms with Crippen LogP contribution in [0.5, 0.6) is 5.75 Å². The van der Waals surface area contributed by atoms with Gasteiger partial charge in [0.25, 0.3) is 0 Å². The highest BCUT2D eigenvalue weighted by Gasteiger charge is 2.35. The van der Waals surface area contributed by atoms with Gasteiger partial charge in [-0.1, -0.05) is 19.1 Å². The summed E-state index contributed by atoms with van der Waals surface area (Å²) in [6.07, 6.45) is 3.47. The molecular weight excluding hydrogens is 224 g/mol. The van der Waals surface area contributed by atoms with E-state index in [2.05, 4.69) is 52.0 Å². The van der Waals surface area contributed by atoms with Crippen molar-refractivity contribution in [3.63, 3.8) is 0 Å². The predicted molar refractivity (Wildman–Crippen MR) is 74.2 cm³/mol. The standard InChI is InChI=1S/C16H24O2/c1-5-13(10-16-12(4)18-16)14-6-8-15(9-7-14)17-11(2)3/h6-9,11-13,16H,5,10H2,1-4H3. The first kappa shape index (κ1) is 13.4. The van der Waals surface area contributed by atoms with Gasteiger partial charge in [-0.3, -0.25) is 0 Å². The largest absolute Gasteiger partial charge is 0.491 e. The van der Waals surface area contributed by atoms with Crippen LogP contribution >= 0.6 is 0 Å². The summed E-state index contributed by atoms with van der Waals surface area (Å²) >= 11 is 0. The van der Waals surface area contributed by atoms with Crippen molar-refractivity contribution >= 4 is 0 Å². The zero-order valence-corrected chi connectivity index (χ0v) is 11.8. The van der Waals surface area contributed by atoms with E-state index in [0.717, 1.165) is 18.6 Å². The number of epoxide rings is 1. The van der Waals surface area contributed by atoms with Gasteiger partial charge in [0.1, 0.15) is 5.75 Å². The van der Waals surface area contributed by atoms with Crippen molar-refractivity contribution in [3.8, 4) is 5.75 Å². The molecule has 1 aliphatic rings. The second kappa shape index (κ2) is 5.75. The third kappa shape index (κ3) is 3.49. The zero-order chi connectivity index (χ0) is 13.1. The molecule has 0 N–H and O–H groups in total. The highest BCUT2D eigenvalue weighted by molar-refractivity contribution is 5.29. The highest BCUT2D eigenvalue weighted by atomic mass is 16.6. The minimum atomic E-state index is 0.235. The average Bonchev–Trinajstić information content (AvgIpc) is 3.02. The van der Waals surface area contributed by atoms with Crippen LogP contribution in [0.3, 0.4) is 0 Å². The quantitative estimate of drug-likeness (QED) is 0.706. The Morgan fingerprint density at radius 2 is 1.83 bits per heavy atom. The topological polar surface area (TPSA) is 21.8 Å². The lowest BCUT2D eigenvalue weighted by molar-refractivity contribution is 0.242. The Kier molecular flexibility index (Phi) is 4.28. The second-order valence-electron chi connectivity index (χ2n) is 5.46. The maximum Gasteiger partial charge on any atom is 0.119 e. The van der Waals surface area contributed by atoms with Crippen LogP contribution in [0.4, 0.5) is 0 Å². The monoisotopic (exact) mass is 248 g/mol. The van der Waals surface area contributed by atoms with E-state index in [1.165, 1.54) is 5.56 Å². The minimum Gasteiger partial charge on any atom is -0.491 e. The molecule has 0 saturated carbocycles. The van der Waals surface area contributed by atoms with Gasteiger partial charge in [-0.25, -0.2) is 0 Å². The summed E-state index contributed by atoms with van der Waals surface area (Å²) in [6, 6.07) is 8.54. The molecule has 100 valence electrons. The van der Waals surface area contributed by atoms with Gasteiger partial charge in [0.2, 0.25) is 0 Å². The minimum absolute atomic E-state index is 0.235. The number of hydrogen-bond donors (Lipinski definition) is 0. The van der Waals surface area contributed by atoms with Gasteiger partial charge in [0.15, 0.2) is 0 Å². The number of hydrogen-bond acceptors (Lipinski definition) is 2. The summed E-state index contributed by atoms with van der Waals surface area (Å²) in [5.74, 6) is 1.56. The molecule has 3 atom stereocenters. The van der Waals surface area contributed by atoms with Crippen molar-refractivity contribution in [2.75, 3.05) is 0 Å². The summed E-state index contributed by atoms with van der Waals surface area (Å²) in [6.45, 7) is 8.50. The Labute approximate surface area is 110 Å². The van der Waals surface area contributed by atoms with E-state index < -0.39 is 0 Å². The molecule has 1 aliphatic heterocycles. The van der Waals surface area contributed by atoms with E-state index in [1.807, 2.05) is 0 Å². The Morgan fingerprint density at radius 3 is 2.28 bits per heavy atom. The number of benzene rings is 1. The molecule has 2 rings (SSSR count). The van der Waals surface area contributed by atoms with E-state index >= 15 is 0 Å². The summed E-state index contributed by atoms with van der Waals surface area (Å²) in [7, 11) is 0. The summed E-state index contributed by atoms with van der Waals surface area (Å²) in [5, 5.41) is 0. The van der Waals surface area contributed by atoms with Gasteiger partial charge in [0.05, 0.1) is 18.3 Å². The second-order valence-corrected chi connectivity index (χ2v) is 5.46. The molecule has 0 radical (unpaired) electrons. The van der Waals surface area contributed by atoms with Crippen LogP contribution in [0.2, 0.25) is 0 Å². The molecule has 1 heterocycles. The smallest absolute Gasteiger partial charge is 0.119 e. The van der Waals surface area contributed by atoms with Crippen molar-refractivity contribution in [3.05, 3.63) is 29.8 Å². The van der Waals surface area contributed by atoms with Crippen LogP contribution in [-0.4, -0.2) is 18.3 Å². The molecule has 1 saturated heterocycles. The lowest BCUT2D eigenvalue weighted by Gasteiger charge is -2.15. The molecule has 0 amide bonds. The third-order valence-electron chi connectivity index (χ3n) is 3.57. The van der Waals surface area contributed by atoms with Crippen LogP contribution in [0.25, 0.3) is 0 Å². The SMILES string of the molecule is CCC(CC1OC1C)c1ccc(OC(C)C)cc1. The molecule has 2 nitrogen and oxygen atoms in total. The zero-order valence-electron chi connectivity index (χ0n) is 11.8. The lowest BCUT2D eigenvalue weighted by atomic mass is 9.91. The Bertz CT molecular complexity index is 369. The van der Waals surface area contributed by atoms with Crippen LogP contribution in [-0.2, 0) is 4.74 Å². The average molecular weight is 248 g/mol. The molecular formula is C16H24O2. The molecule has 2 heteroatoms. The number of rotatable bonds is 6. The predicted octanol–water partition coefficient (Wildman–Crippen LogP) is 4.14. The molecule has 3 unspecified atom stereocenters. The normalized spacial score (nSPS) is 24.1. The lowest BCUT2D eigenvalue weighted by Crippen LogP contribution is -2.06. The van der Waals surface area contributed by atoms with Crippen LogP contribution in [0, 0.1) is 0 Å². The first-order chi connectivity index (χ1) is 8.60. The van der Waals surface area contributed by atoms with Crippen LogP contribution in [0.1, 0.15) is 52.0 Å². The fourth-order valence-corrected chi connectivity index (χ4v) is 2.39. The Hall–Kier alpha value is -1.02. The van der Waals surface area contributed by atoms with Gasteiger partial charge in [-0.15, -0.1) is 0 Å². The first-order valence-electron chi connectivity index (χ1n) is 7.02. The van der Waals surface area contributed by atoms with Gasteiger partial charge in [-0.05, 0) is 57.2 Å².